The van der Waals surface area contributed by atoms with Gasteiger partial charge in [0, 0.05) is 0 Å². The maximum atomic E-state index is 5.79. The van der Waals surface area contributed by atoms with Crippen molar-refractivity contribution in [2.45, 2.75) is 19.8 Å². The fourth-order valence-corrected chi connectivity index (χ4v) is 1.68. The first-order valence-corrected chi connectivity index (χ1v) is 5.61. The fraction of sp³-hybridized carbons (Fsp3) is 0.417. The summed E-state index contributed by atoms with van der Waals surface area (Å²) < 4.78 is 5.79. The van der Waals surface area contributed by atoms with E-state index < -0.39 is 0 Å². The second-order valence-electron chi connectivity index (χ2n) is 4.07. The summed E-state index contributed by atoms with van der Waals surface area (Å²) in [7, 11) is 0. The molecule has 0 atom stereocenters. The topological polar surface area (TPSA) is 35.2 Å². The molecule has 0 bridgehead atoms. The molecule has 1 aromatic carbocycles. The van der Waals surface area contributed by atoms with E-state index in [1.807, 2.05) is 25.1 Å². The summed E-state index contributed by atoms with van der Waals surface area (Å²) in [6.45, 7) is 2.81. The van der Waals surface area contributed by atoms with Crippen molar-refractivity contribution in [3.63, 3.8) is 0 Å². The second kappa shape index (κ2) is 4.19. The lowest BCUT2D eigenvalue weighted by Gasteiger charge is -2.12. The van der Waals surface area contributed by atoms with Crippen LogP contribution in [0.3, 0.4) is 0 Å². The highest BCUT2D eigenvalue weighted by Crippen LogP contribution is 2.31. The van der Waals surface area contributed by atoms with Crippen LogP contribution < -0.4 is 10.5 Å². The van der Waals surface area contributed by atoms with E-state index in [0.29, 0.717) is 4.99 Å². The number of thiocarbonyl (C=S) groups is 1. The van der Waals surface area contributed by atoms with Gasteiger partial charge in [0.05, 0.1) is 12.2 Å². The molecule has 1 fully saturated rings. The van der Waals surface area contributed by atoms with Crippen LogP contribution in [0.2, 0.25) is 0 Å². The summed E-state index contributed by atoms with van der Waals surface area (Å²) >= 11 is 5.00. The molecule has 1 aromatic rings. The molecule has 0 saturated heterocycles. The van der Waals surface area contributed by atoms with Crippen LogP contribution in [-0.4, -0.2) is 11.6 Å². The minimum absolute atomic E-state index is 0.407. The molecule has 3 heteroatoms. The van der Waals surface area contributed by atoms with Crippen LogP contribution in [0.25, 0.3) is 0 Å². The lowest BCUT2D eigenvalue weighted by atomic mass is 10.1. The van der Waals surface area contributed by atoms with Gasteiger partial charge in [0.2, 0.25) is 0 Å². The number of rotatable bonds is 4. The first-order chi connectivity index (χ1) is 7.18. The van der Waals surface area contributed by atoms with E-state index in [0.717, 1.165) is 29.4 Å². The first-order valence-electron chi connectivity index (χ1n) is 5.20. The molecule has 0 heterocycles. The molecule has 1 aliphatic carbocycles. The van der Waals surface area contributed by atoms with Crippen molar-refractivity contribution >= 4 is 17.2 Å². The third-order valence-electron chi connectivity index (χ3n) is 2.64. The minimum atomic E-state index is 0.407. The Morgan fingerprint density at radius 1 is 1.53 bits per heavy atom. The highest BCUT2D eigenvalue weighted by molar-refractivity contribution is 7.80. The maximum absolute atomic E-state index is 5.79. The Morgan fingerprint density at radius 3 is 2.87 bits per heavy atom. The predicted molar refractivity (Wildman–Crippen MR) is 65.3 cm³/mol. The lowest BCUT2D eigenvalue weighted by Crippen LogP contribution is -2.13. The number of benzene rings is 1. The first kappa shape index (κ1) is 10.4. The molecule has 2 rings (SSSR count). The summed E-state index contributed by atoms with van der Waals surface area (Å²) in [5.74, 6) is 1.60. The van der Waals surface area contributed by atoms with Crippen LogP contribution in [0.15, 0.2) is 18.2 Å². The summed E-state index contributed by atoms with van der Waals surface area (Å²) in [6, 6.07) is 5.88. The summed E-state index contributed by atoms with van der Waals surface area (Å²) in [4.78, 5) is 0.407. The van der Waals surface area contributed by atoms with E-state index in [1.54, 1.807) is 0 Å². The van der Waals surface area contributed by atoms with E-state index in [4.69, 9.17) is 22.7 Å². The SMILES string of the molecule is Cc1cccc(C(N)=S)c1OCC1CC1. The number of nitrogens with two attached hydrogens (primary N) is 1. The standard InChI is InChI=1S/C12H15NOS/c1-8-3-2-4-10(12(13)15)11(8)14-7-9-5-6-9/h2-4,9H,5-7H2,1H3,(H2,13,15). The van der Waals surface area contributed by atoms with Crippen LogP contribution in [0.1, 0.15) is 24.0 Å². The van der Waals surface area contributed by atoms with E-state index in [1.165, 1.54) is 12.8 Å². The molecular formula is C12H15NOS. The van der Waals surface area contributed by atoms with Crippen molar-refractivity contribution in [3.05, 3.63) is 29.3 Å². The van der Waals surface area contributed by atoms with Gasteiger partial charge in [-0.05, 0) is 37.3 Å². The zero-order valence-electron chi connectivity index (χ0n) is 8.82. The Kier molecular flexibility index (Phi) is 2.91. The van der Waals surface area contributed by atoms with Gasteiger partial charge in [-0.15, -0.1) is 0 Å². The Hall–Kier alpha value is -1.09. The monoisotopic (exact) mass is 221 g/mol. The van der Waals surface area contributed by atoms with Gasteiger partial charge in [0.25, 0.3) is 0 Å². The second-order valence-corrected chi connectivity index (χ2v) is 4.51. The van der Waals surface area contributed by atoms with E-state index >= 15 is 0 Å². The molecule has 0 aliphatic heterocycles. The average Bonchev–Trinajstić information content (AvgIpc) is 2.99. The lowest BCUT2D eigenvalue weighted by molar-refractivity contribution is 0.297. The van der Waals surface area contributed by atoms with Crippen molar-refractivity contribution in [2.24, 2.45) is 11.7 Å². The van der Waals surface area contributed by atoms with Crippen molar-refractivity contribution in [1.29, 1.82) is 0 Å². The Labute approximate surface area is 95.4 Å². The van der Waals surface area contributed by atoms with Gasteiger partial charge in [-0.3, -0.25) is 0 Å². The molecule has 2 nitrogen and oxygen atoms in total. The van der Waals surface area contributed by atoms with Crippen LogP contribution in [0.4, 0.5) is 0 Å². The largest absolute Gasteiger partial charge is 0.492 e. The average molecular weight is 221 g/mol. The van der Waals surface area contributed by atoms with Crippen LogP contribution in [-0.2, 0) is 0 Å². The van der Waals surface area contributed by atoms with Gasteiger partial charge in [-0.1, -0.05) is 24.4 Å². The van der Waals surface area contributed by atoms with Gasteiger partial charge in [0.1, 0.15) is 10.7 Å². The minimum Gasteiger partial charge on any atom is -0.492 e. The highest BCUT2D eigenvalue weighted by atomic mass is 32.1. The molecule has 0 radical (unpaired) electrons. The Bertz CT molecular complexity index is 385. The molecule has 0 amide bonds. The number of hydrogen-bond donors (Lipinski definition) is 1. The van der Waals surface area contributed by atoms with Crippen LogP contribution >= 0.6 is 12.2 Å². The number of para-hydroxylation sites is 1. The fourth-order valence-electron chi connectivity index (χ4n) is 1.52. The molecule has 15 heavy (non-hydrogen) atoms. The third kappa shape index (κ3) is 2.48. The molecule has 1 saturated carbocycles. The van der Waals surface area contributed by atoms with Gasteiger partial charge >= 0.3 is 0 Å². The van der Waals surface area contributed by atoms with Crippen LogP contribution in [0.5, 0.6) is 5.75 Å². The quantitative estimate of drug-likeness (QED) is 0.793. The van der Waals surface area contributed by atoms with Gasteiger partial charge in [0.15, 0.2) is 0 Å². The van der Waals surface area contributed by atoms with Crippen molar-refractivity contribution in [2.75, 3.05) is 6.61 Å². The summed E-state index contributed by atoms with van der Waals surface area (Å²) in [5, 5.41) is 0. The number of hydrogen-bond acceptors (Lipinski definition) is 2. The van der Waals surface area contributed by atoms with Crippen molar-refractivity contribution < 1.29 is 4.74 Å². The van der Waals surface area contributed by atoms with E-state index in [9.17, 15) is 0 Å². The number of ether oxygens (including phenoxy) is 1. The molecule has 1 aliphatic rings. The normalized spacial score (nSPS) is 15.0. The number of aryl methyl sites for hydroxylation is 1. The van der Waals surface area contributed by atoms with Crippen LogP contribution in [0, 0.1) is 12.8 Å². The summed E-state index contributed by atoms with van der Waals surface area (Å²) in [5.41, 5.74) is 7.61. The Balaban J connectivity index is 2.20. The van der Waals surface area contributed by atoms with Crippen molar-refractivity contribution in [3.8, 4) is 5.75 Å². The predicted octanol–water partition coefficient (Wildman–Crippen LogP) is 2.42. The molecule has 80 valence electrons. The molecule has 0 unspecified atom stereocenters. The third-order valence-corrected chi connectivity index (χ3v) is 2.86. The van der Waals surface area contributed by atoms with Gasteiger partial charge < -0.3 is 10.5 Å². The van der Waals surface area contributed by atoms with Gasteiger partial charge in [-0.2, -0.15) is 0 Å². The molecule has 2 N–H and O–H groups in total. The summed E-state index contributed by atoms with van der Waals surface area (Å²) in [6.07, 6.45) is 2.57. The zero-order chi connectivity index (χ0) is 10.8. The smallest absolute Gasteiger partial charge is 0.132 e. The molecular weight excluding hydrogens is 206 g/mol. The zero-order valence-corrected chi connectivity index (χ0v) is 9.64. The van der Waals surface area contributed by atoms with E-state index in [-0.39, 0.29) is 0 Å². The highest BCUT2D eigenvalue weighted by Gasteiger charge is 2.22. The molecule has 0 spiro atoms. The van der Waals surface area contributed by atoms with E-state index in [2.05, 4.69) is 0 Å². The maximum Gasteiger partial charge on any atom is 0.132 e. The van der Waals surface area contributed by atoms with Gasteiger partial charge in [-0.25, -0.2) is 0 Å². The Morgan fingerprint density at radius 2 is 2.27 bits per heavy atom. The van der Waals surface area contributed by atoms with Crippen molar-refractivity contribution in [1.82, 2.24) is 0 Å². The molecule has 0 aromatic heterocycles.